The van der Waals surface area contributed by atoms with E-state index < -0.39 is 37.0 Å². The number of benzene rings is 2. The van der Waals surface area contributed by atoms with Crippen molar-refractivity contribution in [1.29, 1.82) is 0 Å². The van der Waals surface area contributed by atoms with Crippen molar-refractivity contribution in [1.82, 2.24) is 0 Å². The maximum atomic E-state index is 10.7. The highest BCUT2D eigenvalue weighted by atomic mass is 16.7. The molecule has 0 aromatic heterocycles. The number of aliphatic hydroxyl groups is 2. The van der Waals surface area contributed by atoms with Crippen LogP contribution in [0.3, 0.4) is 0 Å². The van der Waals surface area contributed by atoms with Crippen molar-refractivity contribution < 1.29 is 29.2 Å². The first-order valence-corrected chi connectivity index (χ1v) is 8.72. The molecule has 0 amide bonds. The first kappa shape index (κ1) is 17.6. The van der Waals surface area contributed by atoms with Crippen molar-refractivity contribution >= 4 is 0 Å². The van der Waals surface area contributed by atoms with Crippen molar-refractivity contribution in [2.45, 2.75) is 37.0 Å². The third-order valence-corrected chi connectivity index (χ3v) is 4.65. The van der Waals surface area contributed by atoms with Crippen LogP contribution in [0, 0.1) is 0 Å². The SMILES string of the molecule is O[C@@H]([C@@H]1OC(c2ccccc2)OC[C@H]1O)[C@@H]1COC(c2ccccc2)O1. The molecule has 2 saturated heterocycles. The topological polar surface area (TPSA) is 77.4 Å². The molecule has 4 rings (SSSR count). The molecule has 6 nitrogen and oxygen atoms in total. The predicted octanol–water partition coefficient (Wildman–Crippen LogP) is 1.94. The molecule has 2 N–H and O–H groups in total. The van der Waals surface area contributed by atoms with E-state index in [4.69, 9.17) is 18.9 Å². The van der Waals surface area contributed by atoms with Gasteiger partial charge in [-0.25, -0.2) is 0 Å². The van der Waals surface area contributed by atoms with Crippen LogP contribution in [-0.2, 0) is 18.9 Å². The largest absolute Gasteiger partial charge is 0.388 e. The Morgan fingerprint density at radius 3 is 1.92 bits per heavy atom. The van der Waals surface area contributed by atoms with Gasteiger partial charge in [-0.15, -0.1) is 0 Å². The van der Waals surface area contributed by atoms with E-state index in [0.29, 0.717) is 0 Å². The third-order valence-electron chi connectivity index (χ3n) is 4.65. The van der Waals surface area contributed by atoms with Gasteiger partial charge < -0.3 is 29.2 Å². The Morgan fingerprint density at radius 1 is 0.769 bits per heavy atom. The van der Waals surface area contributed by atoms with E-state index >= 15 is 0 Å². The lowest BCUT2D eigenvalue weighted by atomic mass is 10.0. The fraction of sp³-hybridized carbons (Fsp3) is 0.400. The second-order valence-corrected chi connectivity index (χ2v) is 6.49. The summed E-state index contributed by atoms with van der Waals surface area (Å²) in [5.74, 6) is 0. The number of rotatable bonds is 4. The zero-order chi connectivity index (χ0) is 17.9. The van der Waals surface area contributed by atoms with E-state index in [9.17, 15) is 10.2 Å². The number of aliphatic hydroxyl groups excluding tert-OH is 2. The quantitative estimate of drug-likeness (QED) is 0.870. The molecule has 2 heterocycles. The Balaban J connectivity index is 1.42. The molecule has 0 bridgehead atoms. The van der Waals surface area contributed by atoms with Gasteiger partial charge >= 0.3 is 0 Å². The van der Waals surface area contributed by atoms with E-state index in [0.717, 1.165) is 11.1 Å². The van der Waals surface area contributed by atoms with E-state index in [1.807, 2.05) is 60.7 Å². The van der Waals surface area contributed by atoms with Gasteiger partial charge in [-0.3, -0.25) is 0 Å². The van der Waals surface area contributed by atoms with Gasteiger partial charge in [0.05, 0.1) is 13.2 Å². The molecule has 26 heavy (non-hydrogen) atoms. The Bertz CT molecular complexity index is 694. The average Bonchev–Trinajstić information content (AvgIpc) is 3.19. The Labute approximate surface area is 151 Å². The van der Waals surface area contributed by atoms with Crippen LogP contribution in [0.5, 0.6) is 0 Å². The molecule has 2 aliphatic heterocycles. The molecular formula is C20H22O6. The van der Waals surface area contributed by atoms with Crippen LogP contribution in [0.25, 0.3) is 0 Å². The number of hydrogen-bond acceptors (Lipinski definition) is 6. The zero-order valence-corrected chi connectivity index (χ0v) is 14.2. The van der Waals surface area contributed by atoms with Gasteiger partial charge in [0.1, 0.15) is 24.4 Å². The highest BCUT2D eigenvalue weighted by molar-refractivity contribution is 5.17. The summed E-state index contributed by atoms with van der Waals surface area (Å²) >= 11 is 0. The van der Waals surface area contributed by atoms with Crippen molar-refractivity contribution in [2.75, 3.05) is 13.2 Å². The van der Waals surface area contributed by atoms with E-state index in [2.05, 4.69) is 0 Å². The highest BCUT2D eigenvalue weighted by Crippen LogP contribution is 2.33. The van der Waals surface area contributed by atoms with E-state index in [1.165, 1.54) is 0 Å². The van der Waals surface area contributed by atoms with E-state index in [-0.39, 0.29) is 13.2 Å². The summed E-state index contributed by atoms with van der Waals surface area (Å²) in [5, 5.41) is 21.0. The first-order chi connectivity index (χ1) is 12.7. The molecule has 138 valence electrons. The van der Waals surface area contributed by atoms with Gasteiger partial charge in [0.25, 0.3) is 0 Å². The fourth-order valence-electron chi connectivity index (χ4n) is 3.24. The Hall–Kier alpha value is -1.80. The van der Waals surface area contributed by atoms with Crippen molar-refractivity contribution in [3.8, 4) is 0 Å². The summed E-state index contributed by atoms with van der Waals surface area (Å²) in [6.07, 6.45) is -4.55. The maximum absolute atomic E-state index is 10.7. The molecule has 6 atom stereocenters. The smallest absolute Gasteiger partial charge is 0.184 e. The summed E-state index contributed by atoms with van der Waals surface area (Å²) < 4.78 is 22.9. The molecule has 2 aromatic carbocycles. The molecule has 0 saturated carbocycles. The van der Waals surface area contributed by atoms with Crippen LogP contribution in [0.2, 0.25) is 0 Å². The van der Waals surface area contributed by atoms with Gasteiger partial charge in [0.15, 0.2) is 12.6 Å². The third kappa shape index (κ3) is 3.66. The lowest BCUT2D eigenvalue weighted by Crippen LogP contribution is -2.52. The van der Waals surface area contributed by atoms with Gasteiger partial charge in [-0.05, 0) is 0 Å². The van der Waals surface area contributed by atoms with Crippen LogP contribution < -0.4 is 0 Å². The molecule has 2 aromatic rings. The average molecular weight is 358 g/mol. The fourth-order valence-corrected chi connectivity index (χ4v) is 3.24. The van der Waals surface area contributed by atoms with Crippen molar-refractivity contribution in [3.05, 3.63) is 71.8 Å². The lowest BCUT2D eigenvalue weighted by molar-refractivity contribution is -0.283. The molecular weight excluding hydrogens is 336 g/mol. The molecule has 6 heteroatoms. The molecule has 0 aliphatic carbocycles. The Morgan fingerprint density at radius 2 is 1.31 bits per heavy atom. The number of hydrogen-bond donors (Lipinski definition) is 2. The minimum absolute atomic E-state index is 0.0803. The van der Waals surface area contributed by atoms with Crippen LogP contribution in [-0.4, -0.2) is 47.8 Å². The second kappa shape index (κ2) is 7.84. The normalized spacial score (nSPS) is 33.1. The first-order valence-electron chi connectivity index (χ1n) is 8.72. The Kier molecular flexibility index (Phi) is 5.31. The minimum Gasteiger partial charge on any atom is -0.388 e. The molecule has 2 aliphatic rings. The highest BCUT2D eigenvalue weighted by Gasteiger charge is 2.43. The zero-order valence-electron chi connectivity index (χ0n) is 14.2. The lowest BCUT2D eigenvalue weighted by Gasteiger charge is -2.37. The minimum atomic E-state index is -1.03. The van der Waals surface area contributed by atoms with Crippen LogP contribution >= 0.6 is 0 Å². The summed E-state index contributed by atoms with van der Waals surface area (Å²) in [6.45, 7) is 0.307. The summed E-state index contributed by atoms with van der Waals surface area (Å²) in [7, 11) is 0. The monoisotopic (exact) mass is 358 g/mol. The molecule has 2 fully saturated rings. The maximum Gasteiger partial charge on any atom is 0.184 e. The summed E-state index contributed by atoms with van der Waals surface area (Å²) in [6, 6.07) is 19.0. The molecule has 0 radical (unpaired) electrons. The standard InChI is InChI=1S/C20H22O6/c21-15-11-23-20(14-9-5-2-6-10-14)26-18(15)17(22)16-12-24-19(25-16)13-7-3-1-4-8-13/h1-10,15-22H,11-12H2/t15-,16+,17-,18-,19?,20?/m1/s1. The van der Waals surface area contributed by atoms with Gasteiger partial charge in [-0.2, -0.15) is 0 Å². The number of ether oxygens (including phenoxy) is 4. The molecule has 2 unspecified atom stereocenters. The predicted molar refractivity (Wildman–Crippen MR) is 92.0 cm³/mol. The van der Waals surface area contributed by atoms with Crippen LogP contribution in [0.4, 0.5) is 0 Å². The van der Waals surface area contributed by atoms with Gasteiger partial charge in [0.2, 0.25) is 0 Å². The van der Waals surface area contributed by atoms with Gasteiger partial charge in [0, 0.05) is 11.1 Å². The van der Waals surface area contributed by atoms with Crippen LogP contribution in [0.1, 0.15) is 23.7 Å². The van der Waals surface area contributed by atoms with Crippen molar-refractivity contribution in [2.24, 2.45) is 0 Å². The summed E-state index contributed by atoms with van der Waals surface area (Å²) in [4.78, 5) is 0. The second-order valence-electron chi connectivity index (χ2n) is 6.49. The van der Waals surface area contributed by atoms with Gasteiger partial charge in [-0.1, -0.05) is 60.7 Å². The van der Waals surface area contributed by atoms with Crippen molar-refractivity contribution in [3.63, 3.8) is 0 Å². The van der Waals surface area contributed by atoms with Crippen LogP contribution in [0.15, 0.2) is 60.7 Å². The molecule has 0 spiro atoms. The van der Waals surface area contributed by atoms with E-state index in [1.54, 1.807) is 0 Å². The summed E-state index contributed by atoms with van der Waals surface area (Å²) in [5.41, 5.74) is 1.72.